The second-order valence-corrected chi connectivity index (χ2v) is 5.06. The molecule has 3 nitrogen and oxygen atoms in total. The number of ether oxygens (including phenoxy) is 1. The summed E-state index contributed by atoms with van der Waals surface area (Å²) in [7, 11) is 0. The predicted molar refractivity (Wildman–Crippen MR) is 63.7 cm³/mol. The quantitative estimate of drug-likeness (QED) is 0.414. The smallest absolute Gasteiger partial charge is 0.261 e. The lowest BCUT2D eigenvalue weighted by atomic mass is 9.78. The number of hydrazine groups is 1. The molecule has 0 aromatic carbocycles. The Morgan fingerprint density at radius 3 is 2.76 bits per heavy atom. The normalized spacial score (nSPS) is 27.4. The number of hydrogen-bond donors (Lipinski definition) is 2. The van der Waals surface area contributed by atoms with Crippen LogP contribution in [0.1, 0.15) is 39.0 Å². The van der Waals surface area contributed by atoms with Gasteiger partial charge in [0, 0.05) is 12.6 Å². The summed E-state index contributed by atoms with van der Waals surface area (Å²) < 4.78 is 28.7. The molecular formula is C12H24F2N2O. The van der Waals surface area contributed by atoms with E-state index in [0.717, 1.165) is 5.92 Å². The van der Waals surface area contributed by atoms with Crippen molar-refractivity contribution in [3.8, 4) is 0 Å². The molecule has 0 aromatic rings. The molecule has 1 aliphatic carbocycles. The number of alkyl halides is 2. The fourth-order valence-electron chi connectivity index (χ4n) is 2.68. The first-order valence-electron chi connectivity index (χ1n) is 6.45. The Morgan fingerprint density at radius 1 is 1.41 bits per heavy atom. The summed E-state index contributed by atoms with van der Waals surface area (Å²) in [5, 5.41) is 0. The molecule has 3 unspecified atom stereocenters. The minimum atomic E-state index is -2.38. The molecule has 0 amide bonds. The van der Waals surface area contributed by atoms with Crippen LogP contribution >= 0.6 is 0 Å². The highest BCUT2D eigenvalue weighted by molar-refractivity contribution is 4.80. The zero-order valence-corrected chi connectivity index (χ0v) is 10.5. The van der Waals surface area contributed by atoms with Gasteiger partial charge >= 0.3 is 0 Å². The van der Waals surface area contributed by atoms with E-state index in [0.29, 0.717) is 18.9 Å². The van der Waals surface area contributed by atoms with Gasteiger partial charge < -0.3 is 4.74 Å². The van der Waals surface area contributed by atoms with Gasteiger partial charge in [0.25, 0.3) is 6.43 Å². The van der Waals surface area contributed by atoms with Crippen LogP contribution in [-0.2, 0) is 4.74 Å². The fraction of sp³-hybridized carbons (Fsp3) is 1.00. The first-order chi connectivity index (χ1) is 8.13. The molecule has 102 valence electrons. The summed E-state index contributed by atoms with van der Waals surface area (Å²) in [6.07, 6.45) is 3.20. The maximum absolute atomic E-state index is 11.9. The van der Waals surface area contributed by atoms with E-state index in [1.165, 1.54) is 25.7 Å². The molecule has 3 N–H and O–H groups in total. The molecule has 0 bridgehead atoms. The average molecular weight is 250 g/mol. The van der Waals surface area contributed by atoms with Crippen LogP contribution in [0.2, 0.25) is 0 Å². The molecule has 0 radical (unpaired) electrons. The van der Waals surface area contributed by atoms with Gasteiger partial charge in [0.1, 0.15) is 6.61 Å². The van der Waals surface area contributed by atoms with E-state index in [9.17, 15) is 8.78 Å². The summed E-state index contributed by atoms with van der Waals surface area (Å²) in [5.74, 6) is 6.83. The molecule has 0 aromatic heterocycles. The maximum Gasteiger partial charge on any atom is 0.261 e. The van der Waals surface area contributed by atoms with Gasteiger partial charge in [0.2, 0.25) is 0 Å². The van der Waals surface area contributed by atoms with Crippen LogP contribution in [-0.4, -0.2) is 25.7 Å². The van der Waals surface area contributed by atoms with Gasteiger partial charge in [-0.2, -0.15) is 0 Å². The lowest BCUT2D eigenvalue weighted by molar-refractivity contribution is 0.0117. The summed E-state index contributed by atoms with van der Waals surface area (Å²) in [5.41, 5.74) is 2.81. The average Bonchev–Trinajstić information content (AvgIpc) is 2.29. The van der Waals surface area contributed by atoms with Crippen molar-refractivity contribution in [1.82, 2.24) is 5.43 Å². The van der Waals surface area contributed by atoms with E-state index >= 15 is 0 Å². The number of nitrogens with one attached hydrogen (secondary N) is 1. The van der Waals surface area contributed by atoms with Crippen molar-refractivity contribution in [2.45, 2.75) is 51.5 Å². The second kappa shape index (κ2) is 7.95. The van der Waals surface area contributed by atoms with E-state index in [1.807, 2.05) is 0 Å². The highest BCUT2D eigenvalue weighted by atomic mass is 19.3. The van der Waals surface area contributed by atoms with E-state index in [1.54, 1.807) is 0 Å². The molecular weight excluding hydrogens is 226 g/mol. The lowest BCUT2D eigenvalue weighted by Gasteiger charge is -2.32. The van der Waals surface area contributed by atoms with Crippen molar-refractivity contribution in [2.75, 3.05) is 13.2 Å². The summed E-state index contributed by atoms with van der Waals surface area (Å²) in [6, 6.07) is 0.190. The van der Waals surface area contributed by atoms with E-state index in [4.69, 9.17) is 10.6 Å². The molecule has 0 heterocycles. The Morgan fingerprint density at radius 2 is 2.18 bits per heavy atom. The highest BCUT2D eigenvalue weighted by Crippen LogP contribution is 2.31. The van der Waals surface area contributed by atoms with Crippen molar-refractivity contribution in [3.63, 3.8) is 0 Å². The molecule has 1 saturated carbocycles. The van der Waals surface area contributed by atoms with Gasteiger partial charge in [-0.25, -0.2) is 8.78 Å². The fourth-order valence-corrected chi connectivity index (χ4v) is 2.68. The number of nitrogens with two attached hydrogens (primary N) is 1. The zero-order valence-electron chi connectivity index (χ0n) is 10.5. The summed E-state index contributed by atoms with van der Waals surface area (Å²) in [4.78, 5) is 0. The first-order valence-corrected chi connectivity index (χ1v) is 6.45. The monoisotopic (exact) mass is 250 g/mol. The minimum Gasteiger partial charge on any atom is -0.375 e. The van der Waals surface area contributed by atoms with Gasteiger partial charge in [0.15, 0.2) is 0 Å². The standard InChI is InChI=1S/C12H24F2N2O/c1-9-3-2-4-10(7-9)11(16-15)5-6-17-8-12(13)14/h9-12,16H,2-8,15H2,1H3. The molecule has 0 spiro atoms. The van der Waals surface area contributed by atoms with Gasteiger partial charge in [0.05, 0.1) is 0 Å². The topological polar surface area (TPSA) is 47.3 Å². The van der Waals surface area contributed by atoms with Crippen molar-refractivity contribution in [3.05, 3.63) is 0 Å². The summed E-state index contributed by atoms with van der Waals surface area (Å²) in [6.45, 7) is 2.13. The van der Waals surface area contributed by atoms with Crippen LogP contribution in [0, 0.1) is 11.8 Å². The van der Waals surface area contributed by atoms with Crippen LogP contribution < -0.4 is 11.3 Å². The van der Waals surface area contributed by atoms with Gasteiger partial charge in [-0.05, 0) is 31.1 Å². The minimum absolute atomic E-state index is 0.190. The molecule has 1 rings (SSSR count). The predicted octanol–water partition coefficient (Wildman–Crippen LogP) is 2.32. The molecule has 1 aliphatic rings. The highest BCUT2D eigenvalue weighted by Gasteiger charge is 2.25. The van der Waals surface area contributed by atoms with E-state index in [2.05, 4.69) is 12.3 Å². The number of hydrogen-bond acceptors (Lipinski definition) is 3. The third-order valence-corrected chi connectivity index (χ3v) is 3.58. The zero-order chi connectivity index (χ0) is 12.7. The largest absolute Gasteiger partial charge is 0.375 e. The first kappa shape index (κ1) is 14.8. The molecule has 0 aliphatic heterocycles. The Hall–Kier alpha value is -0.260. The van der Waals surface area contributed by atoms with Crippen molar-refractivity contribution < 1.29 is 13.5 Å². The van der Waals surface area contributed by atoms with Crippen LogP contribution in [0.3, 0.4) is 0 Å². The Balaban J connectivity index is 2.22. The second-order valence-electron chi connectivity index (χ2n) is 5.06. The van der Waals surface area contributed by atoms with Gasteiger partial charge in [-0.15, -0.1) is 0 Å². The van der Waals surface area contributed by atoms with Crippen molar-refractivity contribution >= 4 is 0 Å². The van der Waals surface area contributed by atoms with Crippen molar-refractivity contribution in [2.24, 2.45) is 17.7 Å². The molecule has 3 atom stereocenters. The molecule has 5 heteroatoms. The van der Waals surface area contributed by atoms with Crippen molar-refractivity contribution in [1.29, 1.82) is 0 Å². The van der Waals surface area contributed by atoms with E-state index < -0.39 is 13.0 Å². The lowest BCUT2D eigenvalue weighted by Crippen LogP contribution is -2.43. The number of rotatable bonds is 7. The van der Waals surface area contributed by atoms with Crippen LogP contribution in [0.5, 0.6) is 0 Å². The van der Waals surface area contributed by atoms with Gasteiger partial charge in [-0.1, -0.05) is 19.8 Å². The maximum atomic E-state index is 11.9. The third kappa shape index (κ3) is 5.75. The Labute approximate surface area is 102 Å². The van der Waals surface area contributed by atoms with Crippen LogP contribution in [0.25, 0.3) is 0 Å². The molecule has 0 saturated heterocycles. The number of halogens is 2. The van der Waals surface area contributed by atoms with Crippen LogP contribution in [0.15, 0.2) is 0 Å². The molecule has 1 fully saturated rings. The van der Waals surface area contributed by atoms with Gasteiger partial charge in [-0.3, -0.25) is 11.3 Å². The van der Waals surface area contributed by atoms with E-state index in [-0.39, 0.29) is 6.04 Å². The molecule has 17 heavy (non-hydrogen) atoms. The Kier molecular flexibility index (Phi) is 6.92. The third-order valence-electron chi connectivity index (χ3n) is 3.58. The Bertz CT molecular complexity index is 205. The SMILES string of the molecule is CC1CCCC(C(CCOCC(F)F)NN)C1. The summed E-state index contributed by atoms with van der Waals surface area (Å²) >= 11 is 0. The van der Waals surface area contributed by atoms with Crippen LogP contribution in [0.4, 0.5) is 8.78 Å².